The maximum absolute atomic E-state index is 12.9. The molecule has 1 fully saturated rings. The first-order valence-corrected chi connectivity index (χ1v) is 9.57. The Bertz CT molecular complexity index is 999. The number of fused-ring (bicyclic) bond motifs is 1. The van der Waals surface area contributed by atoms with Crippen LogP contribution in [0.4, 0.5) is 5.69 Å². The topological polar surface area (TPSA) is 64.9 Å². The molecule has 0 atom stereocenters. The van der Waals surface area contributed by atoms with Gasteiger partial charge in [0.25, 0.3) is 5.91 Å². The van der Waals surface area contributed by atoms with E-state index in [0.717, 1.165) is 54.2 Å². The predicted molar refractivity (Wildman–Crippen MR) is 108 cm³/mol. The Morgan fingerprint density at radius 1 is 1.14 bits per heavy atom. The number of carbonyl (C=O) groups is 1. The van der Waals surface area contributed by atoms with E-state index in [9.17, 15) is 4.79 Å². The maximum Gasteiger partial charge on any atom is 0.260 e. The number of nitrogens with zero attached hydrogens (tertiary/aromatic N) is 2. The third-order valence-corrected chi connectivity index (χ3v) is 5.16. The summed E-state index contributed by atoms with van der Waals surface area (Å²) in [7, 11) is 1.57. The minimum absolute atomic E-state index is 0.204. The highest BCUT2D eigenvalue weighted by atomic mass is 16.5. The number of anilines is 1. The third kappa shape index (κ3) is 3.73. The van der Waals surface area contributed by atoms with E-state index < -0.39 is 0 Å². The summed E-state index contributed by atoms with van der Waals surface area (Å²) in [6.45, 7) is 5.56. The first kappa shape index (κ1) is 18.5. The number of aromatic nitrogens is 2. The highest BCUT2D eigenvalue weighted by Gasteiger charge is 2.21. The van der Waals surface area contributed by atoms with Crippen LogP contribution in [0.5, 0.6) is 5.75 Å². The molecule has 1 saturated heterocycles. The van der Waals surface area contributed by atoms with Crippen molar-refractivity contribution in [1.29, 1.82) is 0 Å². The molecule has 6 heteroatoms. The van der Waals surface area contributed by atoms with E-state index in [1.807, 2.05) is 42.6 Å². The van der Waals surface area contributed by atoms with Gasteiger partial charge in [-0.2, -0.15) is 0 Å². The minimum Gasteiger partial charge on any atom is -0.496 e. The average molecular weight is 379 g/mol. The van der Waals surface area contributed by atoms with Crippen LogP contribution in [0.1, 0.15) is 45.9 Å². The van der Waals surface area contributed by atoms with Crippen molar-refractivity contribution in [2.45, 2.75) is 32.6 Å². The van der Waals surface area contributed by atoms with Gasteiger partial charge in [-0.15, -0.1) is 0 Å². The van der Waals surface area contributed by atoms with Gasteiger partial charge in [0.05, 0.1) is 18.4 Å². The zero-order valence-electron chi connectivity index (χ0n) is 16.5. The molecule has 0 spiro atoms. The lowest BCUT2D eigenvalue weighted by molar-refractivity contribution is 0.0846. The Balaban J connectivity index is 1.66. The normalized spacial score (nSPS) is 15.0. The second-order valence-electron chi connectivity index (χ2n) is 7.40. The monoisotopic (exact) mass is 379 g/mol. The smallest absolute Gasteiger partial charge is 0.260 e. The maximum atomic E-state index is 12.9. The number of nitrogens with one attached hydrogen (secondary N) is 1. The summed E-state index contributed by atoms with van der Waals surface area (Å²) in [4.78, 5) is 17.7. The molecular weight excluding hydrogens is 354 g/mol. The largest absolute Gasteiger partial charge is 0.496 e. The van der Waals surface area contributed by atoms with E-state index in [0.29, 0.717) is 17.2 Å². The molecule has 0 bridgehead atoms. The SMILES string of the molecule is COc1cc2nc(C3CCOCC3)cn2cc1C(=O)Nc1cc(C)cc(C)c1. The summed E-state index contributed by atoms with van der Waals surface area (Å²) in [6, 6.07) is 7.80. The number of methoxy groups -OCH3 is 1. The van der Waals surface area contributed by atoms with E-state index in [1.54, 1.807) is 13.3 Å². The number of hydrogen-bond donors (Lipinski definition) is 1. The Morgan fingerprint density at radius 3 is 2.54 bits per heavy atom. The molecule has 28 heavy (non-hydrogen) atoms. The summed E-state index contributed by atoms with van der Waals surface area (Å²) in [5, 5.41) is 2.98. The second-order valence-corrected chi connectivity index (χ2v) is 7.40. The van der Waals surface area contributed by atoms with Crippen molar-refractivity contribution in [3.8, 4) is 5.75 Å². The fourth-order valence-corrected chi connectivity index (χ4v) is 3.81. The summed E-state index contributed by atoms with van der Waals surface area (Å²) >= 11 is 0. The molecule has 6 nitrogen and oxygen atoms in total. The van der Waals surface area contributed by atoms with Crippen molar-refractivity contribution in [1.82, 2.24) is 9.38 Å². The number of hydrogen-bond acceptors (Lipinski definition) is 4. The molecule has 3 aromatic rings. The van der Waals surface area contributed by atoms with E-state index in [-0.39, 0.29) is 5.91 Å². The van der Waals surface area contributed by atoms with E-state index in [4.69, 9.17) is 14.5 Å². The Hall–Kier alpha value is -2.86. The number of pyridine rings is 1. The highest BCUT2D eigenvalue weighted by molar-refractivity contribution is 6.06. The van der Waals surface area contributed by atoms with Gasteiger partial charge in [0.2, 0.25) is 0 Å². The predicted octanol–water partition coefficient (Wildman–Crippen LogP) is 4.11. The van der Waals surface area contributed by atoms with Gasteiger partial charge in [-0.1, -0.05) is 6.07 Å². The quantitative estimate of drug-likeness (QED) is 0.741. The first-order valence-electron chi connectivity index (χ1n) is 9.57. The van der Waals surface area contributed by atoms with Crippen molar-refractivity contribution >= 4 is 17.2 Å². The number of carbonyl (C=O) groups excluding carboxylic acids is 1. The molecule has 0 aliphatic carbocycles. The van der Waals surface area contributed by atoms with E-state index in [2.05, 4.69) is 11.4 Å². The van der Waals surface area contributed by atoms with Crippen LogP contribution in [-0.4, -0.2) is 35.6 Å². The van der Waals surface area contributed by atoms with Gasteiger partial charge in [-0.3, -0.25) is 4.79 Å². The molecule has 2 aromatic heterocycles. The van der Waals surface area contributed by atoms with Crippen LogP contribution in [0.25, 0.3) is 5.65 Å². The van der Waals surface area contributed by atoms with Gasteiger partial charge in [0.1, 0.15) is 11.4 Å². The van der Waals surface area contributed by atoms with E-state index in [1.165, 1.54) is 0 Å². The Morgan fingerprint density at radius 2 is 1.86 bits per heavy atom. The van der Waals surface area contributed by atoms with Crippen molar-refractivity contribution in [3.05, 3.63) is 59.0 Å². The lowest BCUT2D eigenvalue weighted by Crippen LogP contribution is -2.14. The van der Waals surface area contributed by atoms with Crippen LogP contribution in [0, 0.1) is 13.8 Å². The molecule has 146 valence electrons. The fourth-order valence-electron chi connectivity index (χ4n) is 3.81. The highest BCUT2D eigenvalue weighted by Crippen LogP contribution is 2.29. The number of rotatable bonds is 4. The molecule has 0 saturated carbocycles. The molecule has 1 aliphatic heterocycles. The molecule has 0 unspecified atom stereocenters. The van der Waals surface area contributed by atoms with E-state index >= 15 is 0 Å². The number of benzene rings is 1. The third-order valence-electron chi connectivity index (χ3n) is 5.16. The Kier molecular flexibility index (Phi) is 5.05. The van der Waals surface area contributed by atoms with Gasteiger partial charge in [-0.25, -0.2) is 4.98 Å². The molecule has 4 rings (SSSR count). The van der Waals surface area contributed by atoms with Gasteiger partial charge in [-0.05, 0) is 49.9 Å². The standard InChI is InChI=1S/C22H25N3O3/c1-14-8-15(2)10-17(9-14)23-22(26)18-12-25-13-19(16-4-6-28-7-5-16)24-21(25)11-20(18)27-3/h8-13,16H,4-7H2,1-3H3,(H,23,26). The first-order chi connectivity index (χ1) is 13.5. The molecule has 0 radical (unpaired) electrons. The number of ether oxygens (including phenoxy) is 2. The summed E-state index contributed by atoms with van der Waals surface area (Å²) in [5.41, 5.74) is 5.28. The van der Waals surface area contributed by atoms with Crippen LogP contribution in [-0.2, 0) is 4.74 Å². The summed E-state index contributed by atoms with van der Waals surface area (Å²) in [6.07, 6.45) is 5.75. The summed E-state index contributed by atoms with van der Waals surface area (Å²) < 4.78 is 12.8. The minimum atomic E-state index is -0.204. The van der Waals surface area contributed by atoms with Crippen LogP contribution in [0.2, 0.25) is 0 Å². The van der Waals surface area contributed by atoms with Crippen molar-refractivity contribution < 1.29 is 14.3 Å². The molecule has 3 heterocycles. The Labute approximate surface area is 164 Å². The molecule has 1 aromatic carbocycles. The van der Waals surface area contributed by atoms with Crippen LogP contribution >= 0.6 is 0 Å². The van der Waals surface area contributed by atoms with Gasteiger partial charge >= 0.3 is 0 Å². The molecule has 1 amide bonds. The zero-order valence-corrected chi connectivity index (χ0v) is 16.5. The van der Waals surface area contributed by atoms with Crippen LogP contribution < -0.4 is 10.1 Å². The lowest BCUT2D eigenvalue weighted by atomic mass is 9.97. The van der Waals surface area contributed by atoms with Crippen molar-refractivity contribution in [3.63, 3.8) is 0 Å². The molecular formula is C22H25N3O3. The molecule has 1 N–H and O–H groups in total. The average Bonchev–Trinajstić information content (AvgIpc) is 3.09. The lowest BCUT2D eigenvalue weighted by Gasteiger charge is -2.19. The number of amides is 1. The second kappa shape index (κ2) is 7.64. The van der Waals surface area contributed by atoms with Gasteiger partial charge in [0, 0.05) is 43.3 Å². The number of aryl methyl sites for hydroxylation is 2. The van der Waals surface area contributed by atoms with Crippen molar-refractivity contribution in [2.24, 2.45) is 0 Å². The summed E-state index contributed by atoms with van der Waals surface area (Å²) in [5.74, 6) is 0.704. The van der Waals surface area contributed by atoms with Crippen LogP contribution in [0.15, 0.2) is 36.7 Å². The molecule has 1 aliphatic rings. The van der Waals surface area contributed by atoms with Gasteiger partial charge < -0.3 is 19.2 Å². The number of imidazole rings is 1. The van der Waals surface area contributed by atoms with Crippen LogP contribution in [0.3, 0.4) is 0 Å². The zero-order chi connectivity index (χ0) is 19.7. The van der Waals surface area contributed by atoms with Crippen molar-refractivity contribution in [2.75, 3.05) is 25.6 Å². The fraction of sp³-hybridized carbons (Fsp3) is 0.364. The van der Waals surface area contributed by atoms with Gasteiger partial charge in [0.15, 0.2) is 0 Å².